The Labute approximate surface area is 139 Å². The van der Waals surface area contributed by atoms with E-state index in [1.54, 1.807) is 6.92 Å². The number of para-hydroxylation sites is 1. The molecule has 2 aromatic carbocycles. The maximum Gasteiger partial charge on any atom is 0.196 e. The predicted octanol–water partition coefficient (Wildman–Crippen LogP) is 3.92. The van der Waals surface area contributed by atoms with Crippen LogP contribution in [0.25, 0.3) is 17.1 Å². The molecule has 0 N–H and O–H groups in total. The molecule has 5 heteroatoms. The van der Waals surface area contributed by atoms with E-state index >= 15 is 0 Å². The van der Waals surface area contributed by atoms with Crippen LogP contribution in [0.3, 0.4) is 0 Å². The third kappa shape index (κ3) is 3.51. The summed E-state index contributed by atoms with van der Waals surface area (Å²) in [6.45, 7) is 3.63. The Kier molecular flexibility index (Phi) is 4.57. The summed E-state index contributed by atoms with van der Waals surface area (Å²) in [7, 11) is 0. The predicted molar refractivity (Wildman–Crippen MR) is 92.9 cm³/mol. The smallest absolute Gasteiger partial charge is 0.196 e. The van der Waals surface area contributed by atoms with Crippen LogP contribution in [0.2, 0.25) is 0 Å². The van der Waals surface area contributed by atoms with Gasteiger partial charge in [-0.15, -0.1) is 10.2 Å². The van der Waals surface area contributed by atoms with Gasteiger partial charge in [0.25, 0.3) is 0 Å². The van der Waals surface area contributed by atoms with Crippen molar-refractivity contribution in [3.63, 3.8) is 0 Å². The Morgan fingerprint density at radius 2 is 1.87 bits per heavy atom. The van der Waals surface area contributed by atoms with Crippen molar-refractivity contribution in [2.24, 2.45) is 0 Å². The first kappa shape index (κ1) is 15.5. The van der Waals surface area contributed by atoms with Gasteiger partial charge in [-0.3, -0.25) is 9.36 Å². The van der Waals surface area contributed by atoms with Crippen LogP contribution >= 0.6 is 11.8 Å². The van der Waals surface area contributed by atoms with Gasteiger partial charge >= 0.3 is 0 Å². The SMILES string of the molecule is CC(=O)CSc1nnc(-c2cccc(C)c2)n1-c1ccccc1. The number of aromatic nitrogens is 3. The zero-order valence-corrected chi connectivity index (χ0v) is 13.9. The van der Waals surface area contributed by atoms with Crippen molar-refractivity contribution in [1.29, 1.82) is 0 Å². The van der Waals surface area contributed by atoms with Gasteiger partial charge in [0.15, 0.2) is 11.0 Å². The number of rotatable bonds is 5. The molecule has 0 saturated heterocycles. The zero-order valence-electron chi connectivity index (χ0n) is 13.1. The molecule has 0 unspecified atom stereocenters. The lowest BCUT2D eigenvalue weighted by molar-refractivity contribution is -0.114. The van der Waals surface area contributed by atoms with E-state index in [-0.39, 0.29) is 5.78 Å². The molecule has 4 nitrogen and oxygen atoms in total. The zero-order chi connectivity index (χ0) is 16.2. The maximum absolute atomic E-state index is 11.3. The van der Waals surface area contributed by atoms with Crippen molar-refractivity contribution in [1.82, 2.24) is 14.8 Å². The Morgan fingerprint density at radius 3 is 2.57 bits per heavy atom. The van der Waals surface area contributed by atoms with Crippen molar-refractivity contribution in [3.05, 3.63) is 60.2 Å². The first-order valence-corrected chi connectivity index (χ1v) is 8.34. The fourth-order valence-corrected chi connectivity index (χ4v) is 3.06. The van der Waals surface area contributed by atoms with Gasteiger partial charge < -0.3 is 0 Å². The molecule has 0 atom stereocenters. The van der Waals surface area contributed by atoms with Crippen LogP contribution in [0, 0.1) is 6.92 Å². The van der Waals surface area contributed by atoms with E-state index < -0.39 is 0 Å². The lowest BCUT2D eigenvalue weighted by Crippen LogP contribution is -2.01. The quantitative estimate of drug-likeness (QED) is 0.668. The molecular formula is C18H17N3OS. The standard InChI is InChI=1S/C18H17N3OS/c1-13-7-6-8-15(11-13)17-19-20-18(23-12-14(2)22)21(17)16-9-4-3-5-10-16/h3-11H,12H2,1-2H3. The molecular weight excluding hydrogens is 306 g/mol. The number of nitrogens with zero attached hydrogens (tertiary/aromatic N) is 3. The monoisotopic (exact) mass is 323 g/mol. The molecule has 0 aliphatic carbocycles. The molecule has 1 aromatic heterocycles. The van der Waals surface area contributed by atoms with Crippen LogP contribution in [-0.4, -0.2) is 26.3 Å². The normalized spacial score (nSPS) is 10.7. The van der Waals surface area contributed by atoms with Crippen molar-refractivity contribution in [2.75, 3.05) is 5.75 Å². The van der Waals surface area contributed by atoms with Crippen molar-refractivity contribution in [3.8, 4) is 17.1 Å². The van der Waals surface area contributed by atoms with Gasteiger partial charge in [0.1, 0.15) is 5.78 Å². The fourth-order valence-electron chi connectivity index (χ4n) is 2.31. The summed E-state index contributed by atoms with van der Waals surface area (Å²) in [6.07, 6.45) is 0. The number of carbonyl (C=O) groups excluding carboxylic acids is 1. The van der Waals surface area contributed by atoms with Crippen LogP contribution in [0.1, 0.15) is 12.5 Å². The summed E-state index contributed by atoms with van der Waals surface area (Å²) in [6, 6.07) is 18.1. The molecule has 0 aliphatic rings. The van der Waals surface area contributed by atoms with Crippen LogP contribution in [0.15, 0.2) is 59.8 Å². The van der Waals surface area contributed by atoms with Gasteiger partial charge in [-0.2, -0.15) is 0 Å². The van der Waals surface area contributed by atoms with E-state index in [1.165, 1.54) is 17.3 Å². The summed E-state index contributed by atoms with van der Waals surface area (Å²) in [5, 5.41) is 9.38. The molecule has 0 amide bonds. The Hall–Kier alpha value is -2.40. The average molecular weight is 323 g/mol. The molecule has 0 radical (unpaired) electrons. The van der Waals surface area contributed by atoms with Crippen molar-refractivity contribution in [2.45, 2.75) is 19.0 Å². The Bertz CT molecular complexity index is 827. The first-order valence-electron chi connectivity index (χ1n) is 7.35. The number of benzene rings is 2. The highest BCUT2D eigenvalue weighted by Gasteiger charge is 2.16. The summed E-state index contributed by atoms with van der Waals surface area (Å²) >= 11 is 1.41. The van der Waals surface area contributed by atoms with Gasteiger partial charge in [0, 0.05) is 11.3 Å². The van der Waals surface area contributed by atoms with Crippen molar-refractivity contribution < 1.29 is 4.79 Å². The molecule has 3 rings (SSSR count). The summed E-state index contributed by atoms with van der Waals surface area (Å²) < 4.78 is 2.00. The molecule has 1 heterocycles. The number of hydrogen-bond acceptors (Lipinski definition) is 4. The number of hydrogen-bond donors (Lipinski definition) is 0. The summed E-state index contributed by atoms with van der Waals surface area (Å²) in [4.78, 5) is 11.3. The highest BCUT2D eigenvalue weighted by Crippen LogP contribution is 2.28. The number of thioether (sulfide) groups is 1. The van der Waals surface area contributed by atoms with E-state index in [9.17, 15) is 4.79 Å². The molecule has 23 heavy (non-hydrogen) atoms. The Morgan fingerprint density at radius 1 is 1.09 bits per heavy atom. The van der Waals surface area contributed by atoms with E-state index in [2.05, 4.69) is 29.3 Å². The second-order valence-corrected chi connectivity index (χ2v) is 6.28. The van der Waals surface area contributed by atoms with Gasteiger partial charge in [-0.25, -0.2) is 0 Å². The third-order valence-corrected chi connectivity index (χ3v) is 4.40. The third-order valence-electron chi connectivity index (χ3n) is 3.33. The second-order valence-electron chi connectivity index (χ2n) is 5.34. The minimum atomic E-state index is 0.120. The lowest BCUT2D eigenvalue weighted by atomic mass is 10.1. The molecule has 0 spiro atoms. The van der Waals surface area contributed by atoms with Gasteiger partial charge in [0.2, 0.25) is 0 Å². The molecule has 3 aromatic rings. The van der Waals surface area contributed by atoms with Crippen LogP contribution in [0.5, 0.6) is 0 Å². The van der Waals surface area contributed by atoms with Crippen LogP contribution in [-0.2, 0) is 4.79 Å². The number of aryl methyl sites for hydroxylation is 1. The molecule has 0 fully saturated rings. The second kappa shape index (κ2) is 6.79. The average Bonchev–Trinajstić information content (AvgIpc) is 2.97. The van der Waals surface area contributed by atoms with Crippen molar-refractivity contribution >= 4 is 17.5 Å². The Balaban J connectivity index is 2.11. The first-order chi connectivity index (χ1) is 11.1. The van der Waals surface area contributed by atoms with E-state index in [0.29, 0.717) is 5.75 Å². The molecule has 0 bridgehead atoms. The molecule has 116 valence electrons. The number of Topliss-reactive ketones (excluding diaryl/α,β-unsaturated/α-hetero) is 1. The van der Waals surface area contributed by atoms with E-state index in [4.69, 9.17) is 0 Å². The lowest BCUT2D eigenvalue weighted by Gasteiger charge is -2.10. The minimum Gasteiger partial charge on any atom is -0.299 e. The van der Waals surface area contributed by atoms with E-state index in [1.807, 2.05) is 47.0 Å². The van der Waals surface area contributed by atoms with Gasteiger partial charge in [-0.05, 0) is 32.0 Å². The maximum atomic E-state index is 11.3. The number of carbonyl (C=O) groups is 1. The topological polar surface area (TPSA) is 47.8 Å². The van der Waals surface area contributed by atoms with Crippen LogP contribution in [0.4, 0.5) is 0 Å². The van der Waals surface area contributed by atoms with Gasteiger partial charge in [0.05, 0.1) is 5.75 Å². The largest absolute Gasteiger partial charge is 0.299 e. The summed E-state index contributed by atoms with van der Waals surface area (Å²) in [5.74, 6) is 1.29. The van der Waals surface area contributed by atoms with Gasteiger partial charge in [-0.1, -0.05) is 53.7 Å². The molecule has 0 saturated carbocycles. The molecule has 0 aliphatic heterocycles. The highest BCUT2D eigenvalue weighted by atomic mass is 32.2. The highest BCUT2D eigenvalue weighted by molar-refractivity contribution is 7.99. The fraction of sp³-hybridized carbons (Fsp3) is 0.167. The summed E-state index contributed by atoms with van der Waals surface area (Å²) in [5.41, 5.74) is 3.17. The van der Waals surface area contributed by atoms with E-state index in [0.717, 1.165) is 22.2 Å². The minimum absolute atomic E-state index is 0.120. The number of ketones is 1. The van der Waals surface area contributed by atoms with Crippen LogP contribution < -0.4 is 0 Å².